The molecule has 5 rings (SSSR count). The fraction of sp³-hybridized carbons (Fsp3) is 0.333. The number of rotatable bonds is 6. The van der Waals surface area contributed by atoms with Gasteiger partial charge in [0, 0.05) is 25.4 Å². The van der Waals surface area contributed by atoms with Gasteiger partial charge in [0.25, 0.3) is 5.91 Å². The second-order valence-electron chi connectivity index (χ2n) is 8.67. The molecule has 200 valence electrons. The third-order valence-corrected chi connectivity index (χ3v) is 8.00. The number of anilines is 1. The van der Waals surface area contributed by atoms with Gasteiger partial charge in [-0.2, -0.15) is 0 Å². The monoisotopic (exact) mass is 581 g/mol. The van der Waals surface area contributed by atoms with Crippen molar-refractivity contribution >= 4 is 56.3 Å². The van der Waals surface area contributed by atoms with Gasteiger partial charge < -0.3 is 24.6 Å². The Kier molecular flexibility index (Phi) is 7.65. The van der Waals surface area contributed by atoms with E-state index in [2.05, 4.69) is 15.3 Å². The molecule has 14 heteroatoms. The first-order chi connectivity index (χ1) is 18.2. The zero-order chi connectivity index (χ0) is 27.1. The van der Waals surface area contributed by atoms with Crippen LogP contribution in [-0.2, 0) is 14.3 Å². The average molecular weight is 582 g/mol. The van der Waals surface area contributed by atoms with Gasteiger partial charge in [0.2, 0.25) is 0 Å². The van der Waals surface area contributed by atoms with Crippen LogP contribution in [0, 0.1) is 5.82 Å². The van der Waals surface area contributed by atoms with Crippen LogP contribution in [0.25, 0.3) is 21.5 Å². The number of aliphatic hydroxyl groups is 2. The molecule has 0 bridgehead atoms. The predicted octanol–water partition coefficient (Wildman–Crippen LogP) is 3.34. The number of thiazole rings is 1. The summed E-state index contributed by atoms with van der Waals surface area (Å²) in [5.74, 6) is -1.26. The molecule has 5 atom stereocenters. The lowest BCUT2D eigenvalue weighted by Gasteiger charge is -2.43. The zero-order valence-corrected chi connectivity index (χ0v) is 22.4. The summed E-state index contributed by atoms with van der Waals surface area (Å²) in [6, 6.07) is 7.26. The Morgan fingerprint density at radius 3 is 2.84 bits per heavy atom. The number of ether oxygens (including phenoxy) is 2. The number of benzene rings is 2. The number of carbonyl (C=O) groups excluding carboxylic acids is 1. The molecule has 3 heterocycles. The molecular weight excluding hydrogens is 560 g/mol. The lowest BCUT2D eigenvalue weighted by molar-refractivity contribution is -0.211. The van der Waals surface area contributed by atoms with E-state index in [1.807, 2.05) is 12.1 Å². The molecule has 1 aliphatic rings. The number of nitrogens with zero attached hydrogens (tertiary/aromatic N) is 5. The third kappa shape index (κ3) is 4.66. The number of hydrogen-bond acceptors (Lipinski definition) is 9. The lowest BCUT2D eigenvalue weighted by atomic mass is 9.91. The smallest absolute Gasteiger partial charge is 0.258 e. The van der Waals surface area contributed by atoms with E-state index in [4.69, 9.17) is 32.7 Å². The summed E-state index contributed by atoms with van der Waals surface area (Å²) >= 11 is 13.4. The van der Waals surface area contributed by atoms with Crippen LogP contribution in [0.15, 0.2) is 42.0 Å². The van der Waals surface area contributed by atoms with Crippen LogP contribution in [0.1, 0.15) is 6.04 Å². The number of hydrogen-bond donors (Lipinski definition) is 2. The Balaban J connectivity index is 1.48. The van der Waals surface area contributed by atoms with E-state index in [9.17, 15) is 19.4 Å². The van der Waals surface area contributed by atoms with Crippen LogP contribution >= 0.6 is 34.5 Å². The highest BCUT2D eigenvalue weighted by molar-refractivity contribution is 7.16. The normalized spacial score (nSPS) is 23.6. The van der Waals surface area contributed by atoms with Crippen molar-refractivity contribution in [1.29, 1.82) is 0 Å². The second-order valence-corrected chi connectivity index (χ2v) is 10.3. The van der Waals surface area contributed by atoms with Gasteiger partial charge in [-0.1, -0.05) is 28.4 Å². The van der Waals surface area contributed by atoms with Crippen LogP contribution in [0.3, 0.4) is 0 Å². The quantitative estimate of drug-likeness (QED) is 0.332. The van der Waals surface area contributed by atoms with E-state index in [0.717, 1.165) is 10.2 Å². The average Bonchev–Trinajstić information content (AvgIpc) is 3.60. The number of likely N-dealkylation sites (N-methyl/N-ethyl adjacent to an activating group) is 1. The van der Waals surface area contributed by atoms with Crippen LogP contribution in [0.5, 0.6) is 0 Å². The maximum Gasteiger partial charge on any atom is 0.258 e. The highest BCUT2D eigenvalue weighted by Crippen LogP contribution is 2.36. The summed E-state index contributed by atoms with van der Waals surface area (Å²) in [6.07, 6.45) is -3.24. The molecular formula is C24H22Cl2FN5O5S. The molecule has 2 aromatic carbocycles. The molecule has 1 saturated heterocycles. The summed E-state index contributed by atoms with van der Waals surface area (Å²) in [7, 11) is 2.97. The molecule has 0 radical (unpaired) electrons. The van der Waals surface area contributed by atoms with Gasteiger partial charge in [-0.05, 0) is 30.3 Å². The van der Waals surface area contributed by atoms with Crippen LogP contribution < -0.4 is 4.90 Å². The van der Waals surface area contributed by atoms with E-state index in [1.54, 1.807) is 18.6 Å². The number of halogens is 3. The van der Waals surface area contributed by atoms with Crippen molar-refractivity contribution in [2.24, 2.45) is 0 Å². The first-order valence-electron chi connectivity index (χ1n) is 11.4. The Morgan fingerprint density at radius 2 is 2.11 bits per heavy atom. The zero-order valence-electron chi connectivity index (χ0n) is 20.0. The molecule has 1 aliphatic heterocycles. The maximum absolute atomic E-state index is 14.3. The van der Waals surface area contributed by atoms with Crippen LogP contribution in [0.2, 0.25) is 10.0 Å². The molecule has 0 aliphatic carbocycles. The topological polar surface area (TPSA) is 123 Å². The van der Waals surface area contributed by atoms with E-state index in [-0.39, 0.29) is 21.3 Å². The van der Waals surface area contributed by atoms with E-state index >= 15 is 0 Å². The number of carbonyl (C=O) groups is 1. The van der Waals surface area contributed by atoms with Gasteiger partial charge in [-0.25, -0.2) is 14.1 Å². The number of aromatic nitrogens is 4. The molecule has 2 N–H and O–H groups in total. The third-order valence-electron chi connectivity index (χ3n) is 6.54. The minimum absolute atomic E-state index is 0.142. The molecule has 1 amide bonds. The number of aliphatic hydroxyl groups excluding tert-OH is 2. The molecule has 0 saturated carbocycles. The first-order valence-corrected chi connectivity index (χ1v) is 13.0. The molecule has 1 fully saturated rings. The van der Waals surface area contributed by atoms with E-state index in [0.29, 0.717) is 5.69 Å². The van der Waals surface area contributed by atoms with Crippen molar-refractivity contribution in [2.75, 3.05) is 25.7 Å². The van der Waals surface area contributed by atoms with Gasteiger partial charge in [-0.3, -0.25) is 4.79 Å². The Morgan fingerprint density at radius 1 is 1.32 bits per heavy atom. The van der Waals surface area contributed by atoms with Crippen molar-refractivity contribution in [3.63, 3.8) is 0 Å². The van der Waals surface area contributed by atoms with Crippen LogP contribution in [-0.4, -0.2) is 81.3 Å². The summed E-state index contributed by atoms with van der Waals surface area (Å²) in [5.41, 5.74) is 3.58. The lowest BCUT2D eigenvalue weighted by Crippen LogP contribution is -2.60. The largest absolute Gasteiger partial charge is 0.394 e. The van der Waals surface area contributed by atoms with Crippen molar-refractivity contribution in [1.82, 2.24) is 20.0 Å². The number of amides is 1. The summed E-state index contributed by atoms with van der Waals surface area (Å²) in [5, 5.41) is 28.8. The molecule has 2 aromatic heterocycles. The fourth-order valence-electron chi connectivity index (χ4n) is 4.50. The predicted molar refractivity (Wildman–Crippen MR) is 140 cm³/mol. The first kappa shape index (κ1) is 26.9. The maximum atomic E-state index is 14.3. The highest BCUT2D eigenvalue weighted by atomic mass is 35.5. The molecule has 0 spiro atoms. The summed E-state index contributed by atoms with van der Waals surface area (Å²) in [6.45, 7) is -0.565. The van der Waals surface area contributed by atoms with Crippen molar-refractivity contribution in [3.05, 3.63) is 57.9 Å². The molecule has 4 aromatic rings. The van der Waals surface area contributed by atoms with Gasteiger partial charge in [0.05, 0.1) is 38.6 Å². The van der Waals surface area contributed by atoms with E-state index in [1.165, 1.54) is 46.4 Å². The second kappa shape index (κ2) is 10.8. The number of methoxy groups -OCH3 is 1. The van der Waals surface area contributed by atoms with Crippen molar-refractivity contribution in [2.45, 2.75) is 30.5 Å². The summed E-state index contributed by atoms with van der Waals surface area (Å²) in [4.78, 5) is 19.3. The van der Waals surface area contributed by atoms with Gasteiger partial charge >= 0.3 is 0 Å². The standard InChI is InChI=1S/C24H22Cl2FN5O5S/c1-31(11-3-6-14-17(7-11)38-10-28-14)24(35)23-22(36-2)20(21(34)16(9-33)37-23)32-8-15(29-30-32)12-4-5-13(25)19(27)18(12)26/h3-8,10,16,20-23,33-34H,9H2,1-2H3/t16-,20+,21+,22-,23-/m1/s1. The molecule has 10 nitrogen and oxygen atoms in total. The Bertz CT molecular complexity index is 1490. The van der Waals surface area contributed by atoms with Crippen molar-refractivity contribution in [3.8, 4) is 11.3 Å². The van der Waals surface area contributed by atoms with Gasteiger partial charge in [0.1, 0.15) is 30.0 Å². The Labute approximate surface area is 230 Å². The minimum Gasteiger partial charge on any atom is -0.394 e. The highest BCUT2D eigenvalue weighted by Gasteiger charge is 2.50. The van der Waals surface area contributed by atoms with Crippen LogP contribution in [0.4, 0.5) is 10.1 Å². The van der Waals surface area contributed by atoms with Gasteiger partial charge in [-0.15, -0.1) is 16.4 Å². The van der Waals surface area contributed by atoms with E-state index < -0.39 is 48.8 Å². The molecule has 0 unspecified atom stereocenters. The van der Waals surface area contributed by atoms with Gasteiger partial charge in [0.15, 0.2) is 11.9 Å². The Hall–Kier alpha value is -2.71. The SMILES string of the molecule is CO[C@@H]1[C@@H](n2cc(-c3ccc(Cl)c(F)c3Cl)nn2)[C@@H](O)[C@@H](CO)O[C@H]1C(=O)N(C)c1ccc2ncsc2c1. The fourth-order valence-corrected chi connectivity index (χ4v) is 5.68. The van der Waals surface area contributed by atoms with Crippen molar-refractivity contribution < 1.29 is 28.9 Å². The summed E-state index contributed by atoms with van der Waals surface area (Å²) < 4.78 is 28.0. The minimum atomic E-state index is -1.32. The molecule has 38 heavy (non-hydrogen) atoms. The number of fused-ring (bicyclic) bond motifs is 1.